The zero-order valence-electron chi connectivity index (χ0n) is 14.3. The number of nitrogens with two attached hydrogens (primary N) is 1. The minimum Gasteiger partial charge on any atom is -0.391 e. The summed E-state index contributed by atoms with van der Waals surface area (Å²) in [5, 5.41) is 7.61. The van der Waals surface area contributed by atoms with E-state index in [1.807, 2.05) is 48.1 Å². The minimum absolute atomic E-state index is 0.429. The molecule has 3 rings (SSSR count). The minimum atomic E-state index is -0.566. The van der Waals surface area contributed by atoms with Crippen LogP contribution in [-0.4, -0.2) is 27.3 Å². The first kappa shape index (κ1) is 17.4. The van der Waals surface area contributed by atoms with Crippen LogP contribution in [0.3, 0.4) is 0 Å². The molecule has 132 valence electrons. The third kappa shape index (κ3) is 3.51. The first-order valence-electron chi connectivity index (χ1n) is 8.42. The molecule has 1 heterocycles. The van der Waals surface area contributed by atoms with Crippen molar-refractivity contribution in [1.29, 1.82) is 0 Å². The largest absolute Gasteiger partial charge is 0.391 e. The van der Waals surface area contributed by atoms with E-state index < -0.39 is 5.54 Å². The first-order valence-corrected chi connectivity index (χ1v) is 8.83. The lowest BCUT2D eigenvalue weighted by Gasteiger charge is -2.39. The van der Waals surface area contributed by atoms with Gasteiger partial charge in [-0.25, -0.2) is 4.98 Å². The fourth-order valence-electron chi connectivity index (χ4n) is 3.30. The van der Waals surface area contributed by atoms with Crippen molar-refractivity contribution in [2.24, 2.45) is 5.16 Å². The van der Waals surface area contributed by atoms with Crippen molar-refractivity contribution in [1.82, 2.24) is 14.9 Å². The molecule has 0 amide bonds. The number of hydrogen-bond donors (Lipinski definition) is 2. The van der Waals surface area contributed by atoms with E-state index in [1.165, 1.54) is 0 Å². The summed E-state index contributed by atoms with van der Waals surface area (Å²) in [6, 6.07) is 9.99. The summed E-state index contributed by atoms with van der Waals surface area (Å²) in [6.07, 6.45) is 7.31. The van der Waals surface area contributed by atoms with Gasteiger partial charge in [-0.1, -0.05) is 47.7 Å². The van der Waals surface area contributed by atoms with Gasteiger partial charge in [0.05, 0.1) is 12.0 Å². The number of hydrogen-bond acceptors (Lipinski definition) is 5. The third-order valence-corrected chi connectivity index (χ3v) is 5.12. The second-order valence-corrected chi connectivity index (χ2v) is 6.56. The number of nitrogen functional groups attached to an aromatic ring is 1. The zero-order chi connectivity index (χ0) is 17.7. The number of aromatic nitrogens is 2. The monoisotopic (exact) mass is 357 g/mol. The normalized spacial score (nSPS) is 21.9. The molecule has 1 aromatic carbocycles. The standard InChI is InChI=1S/C18H23N5OS/c1-20-17(25)18(23-11-16(19)21-13-23)10-6-5-9-15(18)22-24-12-14-7-3-2-4-8-14/h2-4,7-8,11,13H,5-6,9-10,12,19H2,1H3,(H,20,25)/b22-15+. The Kier molecular flexibility index (Phi) is 5.33. The Morgan fingerprint density at radius 2 is 2.20 bits per heavy atom. The van der Waals surface area contributed by atoms with Crippen LogP contribution in [0.5, 0.6) is 0 Å². The molecule has 2 aromatic rings. The van der Waals surface area contributed by atoms with E-state index in [4.69, 9.17) is 22.8 Å². The van der Waals surface area contributed by atoms with Crippen molar-refractivity contribution in [2.75, 3.05) is 12.8 Å². The molecule has 0 radical (unpaired) electrons. The molecule has 1 aromatic heterocycles. The molecule has 1 unspecified atom stereocenters. The van der Waals surface area contributed by atoms with Crippen LogP contribution < -0.4 is 11.1 Å². The summed E-state index contributed by atoms with van der Waals surface area (Å²) >= 11 is 5.66. The van der Waals surface area contributed by atoms with Gasteiger partial charge in [0.15, 0.2) is 0 Å². The van der Waals surface area contributed by atoms with E-state index >= 15 is 0 Å². The van der Waals surface area contributed by atoms with Crippen LogP contribution in [0.4, 0.5) is 5.82 Å². The van der Waals surface area contributed by atoms with Crippen LogP contribution in [0.15, 0.2) is 48.0 Å². The van der Waals surface area contributed by atoms with Gasteiger partial charge in [0.2, 0.25) is 0 Å². The van der Waals surface area contributed by atoms with Gasteiger partial charge in [-0.05, 0) is 31.2 Å². The lowest BCUT2D eigenvalue weighted by atomic mass is 9.79. The highest BCUT2D eigenvalue weighted by Gasteiger charge is 2.44. The average Bonchev–Trinajstić information content (AvgIpc) is 3.09. The smallest absolute Gasteiger partial charge is 0.142 e. The van der Waals surface area contributed by atoms with Crippen LogP contribution in [0, 0.1) is 0 Å². The van der Waals surface area contributed by atoms with Crippen molar-refractivity contribution < 1.29 is 4.84 Å². The van der Waals surface area contributed by atoms with Gasteiger partial charge >= 0.3 is 0 Å². The van der Waals surface area contributed by atoms with Crippen molar-refractivity contribution in [3.05, 3.63) is 48.4 Å². The molecular weight excluding hydrogens is 334 g/mol. The predicted octanol–water partition coefficient (Wildman–Crippen LogP) is 2.85. The summed E-state index contributed by atoms with van der Waals surface area (Å²) in [6.45, 7) is 0.429. The van der Waals surface area contributed by atoms with Gasteiger partial charge in [0.25, 0.3) is 0 Å². The first-order chi connectivity index (χ1) is 12.2. The van der Waals surface area contributed by atoms with Crippen LogP contribution >= 0.6 is 12.2 Å². The third-order valence-electron chi connectivity index (χ3n) is 4.57. The van der Waals surface area contributed by atoms with Crippen molar-refractivity contribution in [3.8, 4) is 0 Å². The molecule has 0 bridgehead atoms. The number of thiocarbonyl (C=S) groups is 1. The summed E-state index contributed by atoms with van der Waals surface area (Å²) in [5.74, 6) is 0.466. The zero-order valence-corrected chi connectivity index (χ0v) is 15.1. The maximum Gasteiger partial charge on any atom is 0.142 e. The SMILES string of the molecule is CNC(=S)C1(n2cnc(N)c2)CCCC/C1=N\OCc1ccccc1. The van der Waals surface area contributed by atoms with E-state index in [0.717, 1.165) is 37.0 Å². The predicted molar refractivity (Wildman–Crippen MR) is 103 cm³/mol. The molecule has 25 heavy (non-hydrogen) atoms. The molecule has 1 atom stereocenters. The molecule has 0 aliphatic heterocycles. The lowest BCUT2D eigenvalue weighted by Crippen LogP contribution is -2.53. The molecule has 1 aliphatic rings. The summed E-state index contributed by atoms with van der Waals surface area (Å²) in [7, 11) is 1.83. The van der Waals surface area contributed by atoms with Gasteiger partial charge in [-0.3, -0.25) is 0 Å². The van der Waals surface area contributed by atoms with Crippen LogP contribution in [-0.2, 0) is 17.0 Å². The summed E-state index contributed by atoms with van der Waals surface area (Å²) in [4.78, 5) is 10.5. The molecular formula is C18H23N5OS. The van der Waals surface area contributed by atoms with Crippen molar-refractivity contribution >= 4 is 28.7 Å². The Morgan fingerprint density at radius 1 is 1.40 bits per heavy atom. The molecule has 0 saturated heterocycles. The molecule has 6 nitrogen and oxygen atoms in total. The quantitative estimate of drug-likeness (QED) is 0.635. The average molecular weight is 357 g/mol. The number of imidazole rings is 1. The Hall–Kier alpha value is -2.41. The van der Waals surface area contributed by atoms with Crippen LogP contribution in [0.25, 0.3) is 0 Å². The highest BCUT2D eigenvalue weighted by atomic mass is 32.1. The number of oxime groups is 1. The van der Waals surface area contributed by atoms with Crippen LogP contribution in [0.1, 0.15) is 31.2 Å². The molecule has 3 N–H and O–H groups in total. The molecule has 1 aliphatic carbocycles. The van der Waals surface area contributed by atoms with Gasteiger partial charge in [0.1, 0.15) is 23.0 Å². The number of benzene rings is 1. The maximum absolute atomic E-state index is 5.84. The number of rotatable bonds is 5. The van der Waals surface area contributed by atoms with E-state index in [9.17, 15) is 0 Å². The summed E-state index contributed by atoms with van der Waals surface area (Å²) < 4.78 is 1.96. The Labute approximate surface area is 153 Å². The van der Waals surface area contributed by atoms with E-state index in [0.29, 0.717) is 17.4 Å². The van der Waals surface area contributed by atoms with Gasteiger partial charge in [-0.2, -0.15) is 0 Å². The van der Waals surface area contributed by atoms with Crippen LogP contribution in [0.2, 0.25) is 0 Å². The Bertz CT molecular complexity index is 758. The Morgan fingerprint density at radius 3 is 2.88 bits per heavy atom. The lowest BCUT2D eigenvalue weighted by molar-refractivity contribution is 0.126. The fraction of sp³-hybridized carbons (Fsp3) is 0.389. The second kappa shape index (κ2) is 7.65. The van der Waals surface area contributed by atoms with Gasteiger partial charge in [0, 0.05) is 13.2 Å². The molecule has 7 heteroatoms. The number of anilines is 1. The topological polar surface area (TPSA) is 77.5 Å². The van der Waals surface area contributed by atoms with E-state index in [1.54, 1.807) is 6.33 Å². The molecule has 1 fully saturated rings. The highest BCUT2D eigenvalue weighted by molar-refractivity contribution is 7.80. The fourth-order valence-corrected chi connectivity index (χ4v) is 3.62. The van der Waals surface area contributed by atoms with E-state index in [-0.39, 0.29) is 0 Å². The maximum atomic E-state index is 5.84. The van der Waals surface area contributed by atoms with Crippen molar-refractivity contribution in [3.63, 3.8) is 0 Å². The number of likely N-dealkylation sites (N-methyl/N-ethyl adjacent to an activating group) is 1. The molecule has 1 saturated carbocycles. The second-order valence-electron chi connectivity index (χ2n) is 6.15. The van der Waals surface area contributed by atoms with Gasteiger partial charge in [-0.15, -0.1) is 0 Å². The molecule has 0 spiro atoms. The Balaban J connectivity index is 1.90. The number of nitrogens with zero attached hydrogens (tertiary/aromatic N) is 3. The highest BCUT2D eigenvalue weighted by Crippen LogP contribution is 2.34. The van der Waals surface area contributed by atoms with E-state index in [2.05, 4.69) is 15.5 Å². The van der Waals surface area contributed by atoms with Gasteiger partial charge < -0.3 is 20.5 Å². The summed E-state index contributed by atoms with van der Waals surface area (Å²) in [5.41, 5.74) is 7.26. The van der Waals surface area contributed by atoms with Crippen molar-refractivity contribution in [2.45, 2.75) is 37.8 Å². The number of nitrogens with one attached hydrogen (secondary N) is 1.